The van der Waals surface area contributed by atoms with E-state index in [1.54, 1.807) is 24.3 Å². The Morgan fingerprint density at radius 3 is 2.71 bits per heavy atom. The molecule has 148 valence electrons. The molecule has 28 heavy (non-hydrogen) atoms. The summed E-state index contributed by atoms with van der Waals surface area (Å²) in [7, 11) is -0.522. The zero-order valence-electron chi connectivity index (χ0n) is 15.6. The lowest BCUT2D eigenvalue weighted by molar-refractivity contribution is 0.205. The largest absolute Gasteiger partial charge is 0.460 e. The lowest BCUT2D eigenvalue weighted by atomic mass is 10.1. The second-order valence-corrected chi connectivity index (χ2v) is 8.59. The third-order valence-corrected chi connectivity index (χ3v) is 6.28. The third kappa shape index (κ3) is 3.31. The maximum Gasteiger partial charge on any atom is 0.298 e. The second kappa shape index (κ2) is 6.75. The molecule has 0 amide bonds. The van der Waals surface area contributed by atoms with Crippen LogP contribution in [0, 0.1) is 5.82 Å². The number of ether oxygens (including phenoxy) is 1. The van der Waals surface area contributed by atoms with Gasteiger partial charge in [0.2, 0.25) is 0 Å². The molecule has 7 nitrogen and oxygen atoms in total. The van der Waals surface area contributed by atoms with Gasteiger partial charge in [0.1, 0.15) is 12.4 Å². The van der Waals surface area contributed by atoms with Crippen molar-refractivity contribution in [2.75, 3.05) is 18.4 Å². The molecule has 1 aliphatic heterocycles. The van der Waals surface area contributed by atoms with E-state index in [0.717, 1.165) is 39.5 Å². The van der Waals surface area contributed by atoms with E-state index in [4.69, 9.17) is 9.88 Å². The molecule has 1 aliphatic carbocycles. The molecule has 0 saturated carbocycles. The summed E-state index contributed by atoms with van der Waals surface area (Å²) >= 11 is 0. The number of hydrogen-bond acceptors (Lipinski definition) is 5. The molecule has 0 spiro atoms. The first kappa shape index (κ1) is 18.7. The van der Waals surface area contributed by atoms with Crippen molar-refractivity contribution in [2.45, 2.75) is 25.5 Å². The molecule has 0 radical (unpaired) electrons. The van der Waals surface area contributed by atoms with E-state index in [2.05, 4.69) is 4.99 Å². The summed E-state index contributed by atoms with van der Waals surface area (Å²) in [6.45, 7) is 0.272. The standard InChI is InChI=1S/C19H21FN4O3S/c1-23(18-8-3-12-9-14(20)4-6-16(12)18)19-22-17-7-5-15(10-13(17)11-27-19)24(2)28(21,25)26/h4-7,9-10,18H,3,8,11H2,1-2H3,(H2,21,25,26). The van der Waals surface area contributed by atoms with Gasteiger partial charge in [-0.05, 0) is 54.3 Å². The van der Waals surface area contributed by atoms with Gasteiger partial charge in [0, 0.05) is 19.7 Å². The fourth-order valence-electron chi connectivity index (χ4n) is 3.70. The maximum absolute atomic E-state index is 13.5. The molecule has 0 bridgehead atoms. The lowest BCUT2D eigenvalue weighted by Crippen LogP contribution is -2.34. The van der Waals surface area contributed by atoms with Crippen LogP contribution in [0.1, 0.15) is 29.2 Å². The van der Waals surface area contributed by atoms with Crippen LogP contribution in [0.4, 0.5) is 15.8 Å². The fourth-order valence-corrected chi connectivity index (χ4v) is 4.10. The lowest BCUT2D eigenvalue weighted by Gasteiger charge is -2.30. The summed E-state index contributed by atoms with van der Waals surface area (Å²) in [5, 5.41) is 5.18. The van der Waals surface area contributed by atoms with Gasteiger partial charge in [-0.15, -0.1) is 0 Å². The number of amidine groups is 1. The molecule has 9 heteroatoms. The van der Waals surface area contributed by atoms with Gasteiger partial charge in [-0.25, -0.2) is 9.53 Å². The van der Waals surface area contributed by atoms with Crippen molar-refractivity contribution < 1.29 is 17.5 Å². The predicted molar refractivity (Wildman–Crippen MR) is 105 cm³/mol. The first-order valence-corrected chi connectivity index (χ1v) is 10.4. The quantitative estimate of drug-likeness (QED) is 0.852. The Hall–Kier alpha value is -2.65. The molecule has 0 fully saturated rings. The SMILES string of the molecule is CN(C1=Nc2ccc(N(C)S(N)(=O)=O)cc2CO1)C1CCc2cc(F)ccc21. The number of anilines is 1. The van der Waals surface area contributed by atoms with Gasteiger partial charge in [-0.3, -0.25) is 4.31 Å². The van der Waals surface area contributed by atoms with Gasteiger partial charge in [-0.2, -0.15) is 13.4 Å². The number of benzene rings is 2. The van der Waals surface area contributed by atoms with E-state index < -0.39 is 10.2 Å². The normalized spacial score (nSPS) is 18.0. The number of fused-ring (bicyclic) bond motifs is 2. The first-order chi connectivity index (χ1) is 13.2. The molecule has 0 aromatic heterocycles. The van der Waals surface area contributed by atoms with E-state index in [0.29, 0.717) is 11.7 Å². The second-order valence-electron chi connectivity index (χ2n) is 7.02. The predicted octanol–water partition coefficient (Wildman–Crippen LogP) is 2.60. The van der Waals surface area contributed by atoms with Crippen LogP contribution in [0.25, 0.3) is 0 Å². The molecular weight excluding hydrogens is 383 g/mol. The van der Waals surface area contributed by atoms with Crippen LogP contribution in [-0.4, -0.2) is 33.4 Å². The Kier molecular flexibility index (Phi) is 4.51. The van der Waals surface area contributed by atoms with Crippen LogP contribution in [-0.2, 0) is 28.0 Å². The fraction of sp³-hybridized carbons (Fsp3) is 0.316. The van der Waals surface area contributed by atoms with Gasteiger partial charge in [-0.1, -0.05) is 6.07 Å². The van der Waals surface area contributed by atoms with E-state index in [9.17, 15) is 12.8 Å². The average Bonchev–Trinajstić information content (AvgIpc) is 3.08. The number of aliphatic imine (C=N–C) groups is 1. The Labute approximate surface area is 163 Å². The highest BCUT2D eigenvalue weighted by Crippen LogP contribution is 2.37. The van der Waals surface area contributed by atoms with E-state index in [1.165, 1.54) is 13.1 Å². The van der Waals surface area contributed by atoms with E-state index in [-0.39, 0.29) is 18.5 Å². The number of nitrogens with two attached hydrogens (primary N) is 1. The minimum atomic E-state index is -3.83. The number of halogens is 1. The van der Waals surface area contributed by atoms with Crippen molar-refractivity contribution >= 4 is 27.6 Å². The Morgan fingerprint density at radius 2 is 1.96 bits per heavy atom. The number of hydrogen-bond donors (Lipinski definition) is 1. The van der Waals surface area contributed by atoms with E-state index in [1.807, 2.05) is 18.0 Å². The zero-order chi connectivity index (χ0) is 20.1. The summed E-state index contributed by atoms with van der Waals surface area (Å²) in [6, 6.07) is 10.6. The summed E-state index contributed by atoms with van der Waals surface area (Å²) in [5.41, 5.74) is 4.05. The summed E-state index contributed by atoms with van der Waals surface area (Å²) in [4.78, 5) is 6.56. The van der Waals surface area contributed by atoms with Crippen molar-refractivity contribution in [1.29, 1.82) is 0 Å². The van der Waals surface area contributed by atoms with Gasteiger partial charge in [0.15, 0.2) is 0 Å². The van der Waals surface area contributed by atoms with Crippen molar-refractivity contribution in [3.63, 3.8) is 0 Å². The molecule has 1 unspecified atom stereocenters. The van der Waals surface area contributed by atoms with Gasteiger partial charge in [0.05, 0.1) is 17.4 Å². The number of rotatable bonds is 3. The Morgan fingerprint density at radius 1 is 1.18 bits per heavy atom. The van der Waals surface area contributed by atoms with Gasteiger partial charge in [0.25, 0.3) is 16.2 Å². The molecule has 0 saturated heterocycles. The topological polar surface area (TPSA) is 88.2 Å². The molecule has 2 aromatic carbocycles. The molecule has 1 heterocycles. The van der Waals surface area contributed by atoms with Crippen molar-refractivity contribution in [3.8, 4) is 0 Å². The molecule has 1 atom stereocenters. The third-order valence-electron chi connectivity index (χ3n) is 5.30. The Bertz CT molecular complexity index is 1070. The maximum atomic E-state index is 13.5. The van der Waals surface area contributed by atoms with Crippen molar-refractivity contribution in [1.82, 2.24) is 4.90 Å². The average molecular weight is 404 g/mol. The molecule has 2 N–H and O–H groups in total. The molecule has 2 aliphatic rings. The summed E-state index contributed by atoms with van der Waals surface area (Å²) in [6.07, 6.45) is 1.68. The molecular formula is C19H21FN4O3S. The highest BCUT2D eigenvalue weighted by Gasteiger charge is 2.30. The summed E-state index contributed by atoms with van der Waals surface area (Å²) < 4.78 is 43.4. The smallest absolute Gasteiger partial charge is 0.298 e. The van der Waals surface area contributed by atoms with Crippen LogP contribution < -0.4 is 9.44 Å². The monoisotopic (exact) mass is 404 g/mol. The summed E-state index contributed by atoms with van der Waals surface area (Å²) in [5.74, 6) is -0.220. The van der Waals surface area contributed by atoms with Crippen molar-refractivity contribution in [2.24, 2.45) is 10.1 Å². The van der Waals surface area contributed by atoms with Gasteiger partial charge >= 0.3 is 0 Å². The molecule has 2 aromatic rings. The van der Waals surface area contributed by atoms with Crippen LogP contribution >= 0.6 is 0 Å². The minimum Gasteiger partial charge on any atom is -0.460 e. The van der Waals surface area contributed by atoms with Crippen molar-refractivity contribution in [3.05, 3.63) is 58.9 Å². The van der Waals surface area contributed by atoms with Crippen LogP contribution in [0.15, 0.2) is 41.4 Å². The highest BCUT2D eigenvalue weighted by atomic mass is 32.2. The van der Waals surface area contributed by atoms with Gasteiger partial charge < -0.3 is 9.64 Å². The van der Waals surface area contributed by atoms with E-state index >= 15 is 0 Å². The zero-order valence-corrected chi connectivity index (χ0v) is 16.4. The number of nitrogens with zero attached hydrogens (tertiary/aromatic N) is 3. The number of aryl methyl sites for hydroxylation is 1. The first-order valence-electron chi connectivity index (χ1n) is 8.86. The van der Waals surface area contributed by atoms with Crippen LogP contribution in [0.2, 0.25) is 0 Å². The Balaban J connectivity index is 1.60. The minimum absolute atomic E-state index is 0.0729. The highest BCUT2D eigenvalue weighted by molar-refractivity contribution is 7.90. The molecule has 4 rings (SSSR count). The van der Waals surface area contributed by atoms with Crippen LogP contribution in [0.5, 0.6) is 0 Å². The van der Waals surface area contributed by atoms with Crippen LogP contribution in [0.3, 0.4) is 0 Å².